The van der Waals surface area contributed by atoms with E-state index in [0.717, 1.165) is 18.4 Å². The minimum absolute atomic E-state index is 0.000472. The standard InChI is InChI=1S/C23H28ClF2N3O4S/c1-5-15(2)27-23(31)16(3)28(13-17-6-8-18(24)9-7-17)22(30)14-29(34(4,32)33)19-10-11-20(25)21(26)12-19/h6-12,15-16H,5,13-14H2,1-4H3,(H,27,31)/t15-,16+/m1/s1. The van der Waals surface area contributed by atoms with E-state index in [1.54, 1.807) is 24.3 Å². The summed E-state index contributed by atoms with van der Waals surface area (Å²) in [5, 5.41) is 3.30. The fraction of sp³-hybridized carbons (Fsp3) is 0.391. The van der Waals surface area contributed by atoms with Crippen LogP contribution < -0.4 is 9.62 Å². The van der Waals surface area contributed by atoms with Gasteiger partial charge in [0, 0.05) is 23.7 Å². The zero-order chi connectivity index (χ0) is 25.6. The van der Waals surface area contributed by atoms with Crippen LogP contribution in [0.2, 0.25) is 5.02 Å². The van der Waals surface area contributed by atoms with Gasteiger partial charge in [0.1, 0.15) is 12.6 Å². The van der Waals surface area contributed by atoms with Crippen molar-refractivity contribution in [3.63, 3.8) is 0 Å². The molecule has 0 saturated carbocycles. The molecule has 2 rings (SSSR count). The third-order valence-electron chi connectivity index (χ3n) is 5.30. The summed E-state index contributed by atoms with van der Waals surface area (Å²) < 4.78 is 52.7. The highest BCUT2D eigenvalue weighted by Crippen LogP contribution is 2.22. The summed E-state index contributed by atoms with van der Waals surface area (Å²) in [7, 11) is -4.04. The number of carbonyl (C=O) groups is 2. The van der Waals surface area contributed by atoms with Gasteiger partial charge in [-0.3, -0.25) is 13.9 Å². The molecule has 0 fully saturated rings. The van der Waals surface area contributed by atoms with Crippen molar-refractivity contribution in [3.05, 3.63) is 64.7 Å². The second kappa shape index (κ2) is 11.6. The number of nitrogens with zero attached hydrogens (tertiary/aromatic N) is 2. The summed E-state index contributed by atoms with van der Waals surface area (Å²) in [4.78, 5) is 27.4. The van der Waals surface area contributed by atoms with Crippen LogP contribution in [0.5, 0.6) is 0 Å². The summed E-state index contributed by atoms with van der Waals surface area (Å²) in [6, 6.07) is 8.11. The molecule has 0 radical (unpaired) electrons. The highest BCUT2D eigenvalue weighted by Gasteiger charge is 2.30. The van der Waals surface area contributed by atoms with Crippen LogP contribution in [-0.4, -0.2) is 50.0 Å². The number of anilines is 1. The fourth-order valence-electron chi connectivity index (χ4n) is 3.09. The van der Waals surface area contributed by atoms with Gasteiger partial charge in [0.2, 0.25) is 21.8 Å². The predicted octanol–water partition coefficient (Wildman–Crippen LogP) is 3.72. The molecule has 0 unspecified atom stereocenters. The molecule has 2 atom stereocenters. The van der Waals surface area contributed by atoms with Crippen LogP contribution in [0.15, 0.2) is 42.5 Å². The number of halogens is 3. The van der Waals surface area contributed by atoms with Crippen molar-refractivity contribution < 1.29 is 26.8 Å². The summed E-state index contributed by atoms with van der Waals surface area (Å²) in [5.41, 5.74) is 0.456. The Morgan fingerprint density at radius 2 is 1.68 bits per heavy atom. The molecule has 0 aromatic heterocycles. The number of nitrogens with one attached hydrogen (secondary N) is 1. The average molecular weight is 516 g/mol. The van der Waals surface area contributed by atoms with Crippen molar-refractivity contribution in [2.75, 3.05) is 17.1 Å². The maximum absolute atomic E-state index is 13.8. The normalized spacial score (nSPS) is 13.1. The summed E-state index contributed by atoms with van der Waals surface area (Å²) in [6.45, 7) is 4.55. The van der Waals surface area contributed by atoms with Crippen molar-refractivity contribution in [2.45, 2.75) is 45.8 Å². The number of hydrogen-bond acceptors (Lipinski definition) is 4. The van der Waals surface area contributed by atoms with E-state index in [2.05, 4.69) is 5.32 Å². The molecule has 34 heavy (non-hydrogen) atoms. The van der Waals surface area contributed by atoms with Gasteiger partial charge in [-0.25, -0.2) is 17.2 Å². The topological polar surface area (TPSA) is 86.8 Å². The van der Waals surface area contributed by atoms with Gasteiger partial charge in [-0.1, -0.05) is 30.7 Å². The number of hydrogen-bond donors (Lipinski definition) is 1. The maximum atomic E-state index is 13.8. The third-order valence-corrected chi connectivity index (χ3v) is 6.70. The minimum atomic E-state index is -4.04. The van der Waals surface area contributed by atoms with Gasteiger partial charge < -0.3 is 10.2 Å². The Hall–Kier alpha value is -2.72. The Balaban J connectivity index is 2.39. The van der Waals surface area contributed by atoms with E-state index in [-0.39, 0.29) is 18.3 Å². The van der Waals surface area contributed by atoms with Crippen molar-refractivity contribution in [1.29, 1.82) is 0 Å². The third kappa shape index (κ3) is 7.39. The molecule has 1 N–H and O–H groups in total. The van der Waals surface area contributed by atoms with Gasteiger partial charge in [0.05, 0.1) is 11.9 Å². The largest absolute Gasteiger partial charge is 0.352 e. The SMILES string of the molecule is CC[C@@H](C)NC(=O)[C@H](C)N(Cc1ccc(Cl)cc1)C(=O)CN(c1ccc(F)c(F)c1)S(C)(=O)=O. The lowest BCUT2D eigenvalue weighted by Gasteiger charge is -2.32. The highest BCUT2D eigenvalue weighted by atomic mass is 35.5. The van der Waals surface area contributed by atoms with Gasteiger partial charge in [-0.05, 0) is 50.1 Å². The molecule has 0 heterocycles. The number of rotatable bonds is 10. The Labute approximate surface area is 203 Å². The van der Waals surface area contributed by atoms with Gasteiger partial charge in [0.25, 0.3) is 0 Å². The first kappa shape index (κ1) is 27.5. The van der Waals surface area contributed by atoms with Crippen molar-refractivity contribution >= 4 is 39.1 Å². The van der Waals surface area contributed by atoms with Crippen LogP contribution in [0.3, 0.4) is 0 Å². The number of amides is 2. The summed E-state index contributed by atoms with van der Waals surface area (Å²) in [5.74, 6) is -3.51. The van der Waals surface area contributed by atoms with E-state index in [1.165, 1.54) is 11.8 Å². The van der Waals surface area contributed by atoms with Crippen LogP contribution in [0.1, 0.15) is 32.8 Å². The Morgan fingerprint density at radius 1 is 1.06 bits per heavy atom. The highest BCUT2D eigenvalue weighted by molar-refractivity contribution is 7.92. The van der Waals surface area contributed by atoms with E-state index < -0.39 is 46.1 Å². The molecular formula is C23H28ClF2N3O4S. The summed E-state index contributed by atoms with van der Waals surface area (Å²) >= 11 is 5.93. The lowest BCUT2D eigenvalue weighted by molar-refractivity contribution is -0.139. The van der Waals surface area contributed by atoms with Crippen LogP contribution in [-0.2, 0) is 26.2 Å². The summed E-state index contributed by atoms with van der Waals surface area (Å²) in [6.07, 6.45) is 1.53. The molecule has 186 valence electrons. The van der Waals surface area contributed by atoms with E-state index >= 15 is 0 Å². The number of benzene rings is 2. The second-order valence-corrected chi connectivity index (χ2v) is 10.4. The molecule has 7 nitrogen and oxygen atoms in total. The zero-order valence-electron chi connectivity index (χ0n) is 19.4. The first-order valence-corrected chi connectivity index (χ1v) is 12.8. The molecular weight excluding hydrogens is 488 g/mol. The molecule has 0 aliphatic carbocycles. The van der Waals surface area contributed by atoms with E-state index in [0.29, 0.717) is 27.4 Å². The zero-order valence-corrected chi connectivity index (χ0v) is 21.0. The molecule has 0 saturated heterocycles. The molecule has 0 aliphatic heterocycles. The van der Waals surface area contributed by atoms with E-state index in [9.17, 15) is 26.8 Å². The molecule has 11 heteroatoms. The molecule has 2 aromatic rings. The quantitative estimate of drug-likeness (QED) is 0.522. The van der Waals surface area contributed by atoms with Crippen LogP contribution >= 0.6 is 11.6 Å². The minimum Gasteiger partial charge on any atom is -0.352 e. The Morgan fingerprint density at radius 3 is 2.21 bits per heavy atom. The van der Waals surface area contributed by atoms with Crippen LogP contribution in [0.4, 0.5) is 14.5 Å². The number of carbonyl (C=O) groups excluding carboxylic acids is 2. The Bertz CT molecular complexity index is 1130. The van der Waals surface area contributed by atoms with Crippen LogP contribution in [0, 0.1) is 11.6 Å². The van der Waals surface area contributed by atoms with Crippen molar-refractivity contribution in [2.24, 2.45) is 0 Å². The Kier molecular flexibility index (Phi) is 9.40. The lowest BCUT2D eigenvalue weighted by Crippen LogP contribution is -2.52. The van der Waals surface area contributed by atoms with Crippen LogP contribution in [0.25, 0.3) is 0 Å². The van der Waals surface area contributed by atoms with E-state index in [1.807, 2.05) is 13.8 Å². The molecule has 0 bridgehead atoms. The van der Waals surface area contributed by atoms with Crippen molar-refractivity contribution in [3.8, 4) is 0 Å². The smallest absolute Gasteiger partial charge is 0.244 e. The predicted molar refractivity (Wildman–Crippen MR) is 128 cm³/mol. The first-order chi connectivity index (χ1) is 15.8. The van der Waals surface area contributed by atoms with Crippen molar-refractivity contribution in [1.82, 2.24) is 10.2 Å². The van der Waals surface area contributed by atoms with Gasteiger partial charge in [0.15, 0.2) is 11.6 Å². The van der Waals surface area contributed by atoms with Gasteiger partial charge in [-0.2, -0.15) is 0 Å². The monoisotopic (exact) mass is 515 g/mol. The lowest BCUT2D eigenvalue weighted by atomic mass is 10.1. The molecule has 0 aliphatic rings. The first-order valence-electron chi connectivity index (χ1n) is 10.6. The van der Waals surface area contributed by atoms with Gasteiger partial charge >= 0.3 is 0 Å². The van der Waals surface area contributed by atoms with E-state index in [4.69, 9.17) is 11.6 Å². The average Bonchev–Trinajstić information content (AvgIpc) is 2.77. The van der Waals surface area contributed by atoms with Gasteiger partial charge in [-0.15, -0.1) is 0 Å². The maximum Gasteiger partial charge on any atom is 0.244 e. The molecule has 2 amide bonds. The molecule has 0 spiro atoms. The number of sulfonamides is 1. The molecule has 2 aromatic carbocycles. The second-order valence-electron chi connectivity index (χ2n) is 8.01. The fourth-order valence-corrected chi connectivity index (χ4v) is 4.06.